The third-order valence-corrected chi connectivity index (χ3v) is 6.89. The molecule has 0 saturated heterocycles. The average Bonchev–Trinajstić information content (AvgIpc) is 3.18. The van der Waals surface area contributed by atoms with Gasteiger partial charge in [0.2, 0.25) is 0 Å². The van der Waals surface area contributed by atoms with Gasteiger partial charge in [0.1, 0.15) is 0 Å². The number of carbonyl (C=O) groups is 1. The predicted molar refractivity (Wildman–Crippen MR) is 102 cm³/mol. The van der Waals surface area contributed by atoms with Crippen molar-refractivity contribution in [3.8, 4) is 0 Å². The van der Waals surface area contributed by atoms with E-state index in [4.69, 9.17) is 9.73 Å². The zero-order chi connectivity index (χ0) is 18.0. The largest absolute Gasteiger partial charge is 0.481 e. The molecule has 26 heavy (non-hydrogen) atoms. The second kappa shape index (κ2) is 7.67. The second-order valence-corrected chi connectivity index (χ2v) is 8.47. The molecule has 1 heterocycles. The van der Waals surface area contributed by atoms with E-state index >= 15 is 0 Å². The van der Waals surface area contributed by atoms with Gasteiger partial charge in [-0.3, -0.25) is 9.79 Å². The van der Waals surface area contributed by atoms with Gasteiger partial charge in [-0.15, -0.1) is 0 Å². The number of rotatable bonds is 5. The third-order valence-electron chi connectivity index (χ3n) is 6.89. The summed E-state index contributed by atoms with van der Waals surface area (Å²) >= 11 is 0. The highest BCUT2D eigenvalue weighted by Crippen LogP contribution is 2.47. The SMILES string of the molecule is O=C(O)C1(C2=CCC(OCC3=NC4=C(CCCC4)CC3)CC2)CCCC1. The summed E-state index contributed by atoms with van der Waals surface area (Å²) < 4.78 is 6.16. The van der Waals surface area contributed by atoms with Crippen LogP contribution in [0.5, 0.6) is 0 Å². The highest BCUT2D eigenvalue weighted by atomic mass is 16.5. The molecule has 0 aromatic carbocycles. The molecule has 1 unspecified atom stereocenters. The Hall–Kier alpha value is -1.42. The molecular formula is C22H31NO3. The van der Waals surface area contributed by atoms with Crippen LogP contribution in [0, 0.1) is 5.41 Å². The highest BCUT2D eigenvalue weighted by Gasteiger charge is 2.44. The van der Waals surface area contributed by atoms with Crippen molar-refractivity contribution in [2.75, 3.05) is 6.61 Å². The van der Waals surface area contributed by atoms with Crippen LogP contribution in [0.1, 0.15) is 83.5 Å². The van der Waals surface area contributed by atoms with Crippen LogP contribution in [0.15, 0.2) is 27.9 Å². The lowest BCUT2D eigenvalue weighted by Gasteiger charge is -2.32. The van der Waals surface area contributed by atoms with Gasteiger partial charge in [-0.2, -0.15) is 0 Å². The Kier molecular flexibility index (Phi) is 5.30. The normalized spacial score (nSPS) is 28.4. The van der Waals surface area contributed by atoms with E-state index in [1.54, 1.807) is 5.57 Å². The van der Waals surface area contributed by atoms with Crippen LogP contribution in [0.4, 0.5) is 0 Å². The highest BCUT2D eigenvalue weighted by molar-refractivity contribution is 5.87. The summed E-state index contributed by atoms with van der Waals surface area (Å²) in [4.78, 5) is 16.7. The Morgan fingerprint density at radius 2 is 1.92 bits per heavy atom. The first-order valence-corrected chi connectivity index (χ1v) is 10.5. The molecule has 3 aliphatic carbocycles. The van der Waals surface area contributed by atoms with Gasteiger partial charge < -0.3 is 9.84 Å². The van der Waals surface area contributed by atoms with Gasteiger partial charge in [0.15, 0.2) is 0 Å². The third kappa shape index (κ3) is 3.53. The smallest absolute Gasteiger partial charge is 0.313 e. The quantitative estimate of drug-likeness (QED) is 0.689. The Morgan fingerprint density at radius 1 is 1.12 bits per heavy atom. The number of hydrogen-bond acceptors (Lipinski definition) is 3. The summed E-state index contributed by atoms with van der Waals surface area (Å²) in [5, 5.41) is 9.76. The van der Waals surface area contributed by atoms with E-state index in [2.05, 4.69) is 6.08 Å². The van der Waals surface area contributed by atoms with Crippen LogP contribution in [0.3, 0.4) is 0 Å². The number of aliphatic carboxylic acids is 1. The first kappa shape index (κ1) is 18.0. The number of carboxylic acids is 1. The maximum atomic E-state index is 11.9. The van der Waals surface area contributed by atoms with Crippen molar-refractivity contribution in [2.45, 2.75) is 89.6 Å². The topological polar surface area (TPSA) is 58.9 Å². The van der Waals surface area contributed by atoms with Crippen molar-refractivity contribution in [2.24, 2.45) is 10.4 Å². The van der Waals surface area contributed by atoms with Gasteiger partial charge in [-0.1, -0.05) is 24.5 Å². The minimum Gasteiger partial charge on any atom is -0.481 e. The Balaban J connectivity index is 1.33. The zero-order valence-electron chi connectivity index (χ0n) is 15.8. The average molecular weight is 357 g/mol. The van der Waals surface area contributed by atoms with Crippen LogP contribution < -0.4 is 0 Å². The summed E-state index contributed by atoms with van der Waals surface area (Å²) in [7, 11) is 0. The molecule has 1 saturated carbocycles. The molecular weight excluding hydrogens is 326 g/mol. The van der Waals surface area contributed by atoms with Gasteiger partial charge in [-0.05, 0) is 76.2 Å². The minimum absolute atomic E-state index is 0.218. The summed E-state index contributed by atoms with van der Waals surface area (Å²) in [6.07, 6.45) is 16.0. The molecule has 0 bridgehead atoms. The number of nitrogens with zero attached hydrogens (tertiary/aromatic N) is 1. The van der Waals surface area contributed by atoms with Crippen LogP contribution in [-0.2, 0) is 9.53 Å². The Morgan fingerprint density at radius 3 is 2.65 bits per heavy atom. The monoisotopic (exact) mass is 357 g/mol. The molecule has 1 fully saturated rings. The predicted octanol–water partition coefficient (Wildman–Crippen LogP) is 5.19. The summed E-state index contributed by atoms with van der Waals surface area (Å²) in [6, 6.07) is 0. The number of carboxylic acid groups (broad SMARTS) is 1. The van der Waals surface area contributed by atoms with Crippen molar-refractivity contribution in [1.82, 2.24) is 0 Å². The van der Waals surface area contributed by atoms with Gasteiger partial charge >= 0.3 is 5.97 Å². The van der Waals surface area contributed by atoms with E-state index < -0.39 is 11.4 Å². The number of ether oxygens (including phenoxy) is 1. The summed E-state index contributed by atoms with van der Waals surface area (Å²) in [5.41, 5.74) is 4.73. The minimum atomic E-state index is -0.617. The van der Waals surface area contributed by atoms with E-state index in [-0.39, 0.29) is 6.10 Å². The van der Waals surface area contributed by atoms with Gasteiger partial charge in [0, 0.05) is 11.4 Å². The fourth-order valence-corrected chi connectivity index (χ4v) is 5.26. The molecule has 1 N–H and O–H groups in total. The number of allylic oxidation sites excluding steroid dienone is 2. The fraction of sp³-hybridized carbons (Fsp3) is 0.727. The molecule has 4 aliphatic rings. The maximum absolute atomic E-state index is 11.9. The van der Waals surface area contributed by atoms with Gasteiger partial charge in [-0.25, -0.2) is 0 Å². The molecule has 0 aromatic rings. The fourth-order valence-electron chi connectivity index (χ4n) is 5.26. The second-order valence-electron chi connectivity index (χ2n) is 8.47. The summed E-state index contributed by atoms with van der Waals surface area (Å²) in [6.45, 7) is 0.648. The summed E-state index contributed by atoms with van der Waals surface area (Å²) in [5.74, 6) is -0.617. The molecule has 4 heteroatoms. The molecule has 0 amide bonds. The molecule has 1 aliphatic heterocycles. The van der Waals surface area contributed by atoms with Crippen LogP contribution in [0.25, 0.3) is 0 Å². The molecule has 0 aromatic heterocycles. The molecule has 0 spiro atoms. The van der Waals surface area contributed by atoms with Crippen molar-refractivity contribution < 1.29 is 14.6 Å². The molecule has 142 valence electrons. The maximum Gasteiger partial charge on any atom is 0.313 e. The van der Waals surface area contributed by atoms with E-state index in [1.165, 1.54) is 37.1 Å². The van der Waals surface area contributed by atoms with Crippen molar-refractivity contribution in [1.29, 1.82) is 0 Å². The molecule has 4 nitrogen and oxygen atoms in total. The molecule has 4 rings (SSSR count). The van der Waals surface area contributed by atoms with Gasteiger partial charge in [0.25, 0.3) is 0 Å². The Bertz CT molecular complexity index is 652. The molecule has 1 atom stereocenters. The van der Waals surface area contributed by atoms with E-state index in [0.717, 1.165) is 63.4 Å². The lowest BCUT2D eigenvalue weighted by Crippen LogP contribution is -2.32. The Labute approximate surface area is 156 Å². The van der Waals surface area contributed by atoms with E-state index in [1.807, 2.05) is 0 Å². The zero-order valence-corrected chi connectivity index (χ0v) is 15.8. The van der Waals surface area contributed by atoms with Crippen molar-refractivity contribution >= 4 is 11.7 Å². The van der Waals surface area contributed by atoms with Crippen molar-refractivity contribution in [3.63, 3.8) is 0 Å². The van der Waals surface area contributed by atoms with E-state index in [0.29, 0.717) is 6.61 Å². The lowest BCUT2D eigenvalue weighted by atomic mass is 9.74. The lowest BCUT2D eigenvalue weighted by molar-refractivity contribution is -0.146. The first-order chi connectivity index (χ1) is 12.7. The van der Waals surface area contributed by atoms with Gasteiger partial charge in [0.05, 0.1) is 18.1 Å². The van der Waals surface area contributed by atoms with Crippen LogP contribution in [0.2, 0.25) is 0 Å². The van der Waals surface area contributed by atoms with E-state index in [9.17, 15) is 9.90 Å². The number of aliphatic imine (C=N–C) groups is 1. The number of hydrogen-bond donors (Lipinski definition) is 1. The first-order valence-electron chi connectivity index (χ1n) is 10.5. The molecule has 0 radical (unpaired) electrons. The van der Waals surface area contributed by atoms with Crippen molar-refractivity contribution in [3.05, 3.63) is 22.9 Å². The van der Waals surface area contributed by atoms with Crippen LogP contribution in [-0.4, -0.2) is 29.5 Å². The standard InChI is InChI=1S/C22H31NO3/c24-21(25)22(13-3-4-14-22)17-8-11-19(12-9-17)26-15-18-10-7-16-5-1-2-6-20(16)23-18/h8,19H,1-7,9-15H2,(H,24,25). The van der Waals surface area contributed by atoms with Crippen LogP contribution >= 0.6 is 0 Å².